The zero-order valence-electron chi connectivity index (χ0n) is 12.4. The zero-order chi connectivity index (χ0) is 13.6. The first-order valence-corrected chi connectivity index (χ1v) is 7.18. The van der Waals surface area contributed by atoms with E-state index in [0.29, 0.717) is 6.42 Å². The molecule has 1 aliphatic rings. The minimum Gasteiger partial charge on any atom is -0.355 e. The van der Waals surface area contributed by atoms with E-state index in [9.17, 15) is 4.79 Å². The molecule has 1 amide bonds. The van der Waals surface area contributed by atoms with Crippen LogP contribution in [0.15, 0.2) is 0 Å². The highest BCUT2D eigenvalue weighted by Gasteiger charge is 2.27. The number of likely N-dealkylation sites (N-methyl/N-ethyl adjacent to an activating group) is 1. The Morgan fingerprint density at radius 1 is 1.28 bits per heavy atom. The lowest BCUT2D eigenvalue weighted by molar-refractivity contribution is -0.121. The van der Waals surface area contributed by atoms with Gasteiger partial charge in [0.2, 0.25) is 5.91 Å². The molecule has 0 bridgehead atoms. The van der Waals surface area contributed by atoms with Gasteiger partial charge in [-0.2, -0.15) is 0 Å². The van der Waals surface area contributed by atoms with Crippen LogP contribution in [0.1, 0.15) is 47.0 Å². The van der Waals surface area contributed by atoms with Gasteiger partial charge >= 0.3 is 0 Å². The van der Waals surface area contributed by atoms with E-state index in [4.69, 9.17) is 0 Å². The second-order valence-electron chi connectivity index (χ2n) is 6.14. The van der Waals surface area contributed by atoms with Gasteiger partial charge in [-0.1, -0.05) is 6.92 Å². The molecule has 4 heteroatoms. The number of nitrogens with zero attached hydrogens (tertiary/aromatic N) is 1. The largest absolute Gasteiger partial charge is 0.355 e. The molecule has 0 atom stereocenters. The summed E-state index contributed by atoms with van der Waals surface area (Å²) in [5.41, 5.74) is 0.0886. The van der Waals surface area contributed by atoms with Gasteiger partial charge in [0, 0.05) is 37.6 Å². The third-order valence-electron chi connectivity index (χ3n) is 3.20. The lowest BCUT2D eigenvalue weighted by atomic mass is 10.1. The molecule has 1 saturated carbocycles. The van der Waals surface area contributed by atoms with Crippen LogP contribution in [-0.4, -0.2) is 48.6 Å². The summed E-state index contributed by atoms with van der Waals surface area (Å²) in [4.78, 5) is 14.1. The third kappa shape index (κ3) is 6.97. The molecule has 0 aromatic carbocycles. The lowest BCUT2D eigenvalue weighted by Gasteiger charge is -2.21. The average Bonchev–Trinajstić information content (AvgIpc) is 3.06. The van der Waals surface area contributed by atoms with Crippen molar-refractivity contribution in [1.82, 2.24) is 15.5 Å². The number of rotatable bonds is 8. The first-order valence-electron chi connectivity index (χ1n) is 7.18. The van der Waals surface area contributed by atoms with Crippen molar-refractivity contribution in [1.29, 1.82) is 0 Å². The van der Waals surface area contributed by atoms with Gasteiger partial charge in [-0.05, 0) is 40.2 Å². The van der Waals surface area contributed by atoms with Crippen molar-refractivity contribution in [2.75, 3.05) is 26.2 Å². The van der Waals surface area contributed by atoms with E-state index in [-0.39, 0.29) is 11.4 Å². The molecule has 0 saturated heterocycles. The second-order valence-corrected chi connectivity index (χ2v) is 6.14. The number of carbonyl (C=O) groups is 1. The number of carbonyl (C=O) groups excluding carboxylic acids is 1. The second kappa shape index (κ2) is 7.10. The Kier molecular flexibility index (Phi) is 6.09. The van der Waals surface area contributed by atoms with Crippen molar-refractivity contribution >= 4 is 5.91 Å². The Labute approximate surface area is 111 Å². The number of amides is 1. The molecule has 106 valence electrons. The van der Waals surface area contributed by atoms with Crippen molar-refractivity contribution in [2.45, 2.75) is 58.5 Å². The van der Waals surface area contributed by atoms with Gasteiger partial charge in [0.05, 0.1) is 0 Å². The van der Waals surface area contributed by atoms with Gasteiger partial charge in [0.25, 0.3) is 0 Å². The van der Waals surface area contributed by atoms with Crippen molar-refractivity contribution < 1.29 is 4.79 Å². The van der Waals surface area contributed by atoms with Crippen LogP contribution in [0.3, 0.4) is 0 Å². The predicted octanol–water partition coefficient (Wildman–Crippen LogP) is 1.37. The maximum absolute atomic E-state index is 11.6. The molecule has 2 N–H and O–H groups in total. The molecule has 0 aromatic rings. The fourth-order valence-electron chi connectivity index (χ4n) is 2.02. The smallest absolute Gasteiger partial charge is 0.221 e. The Morgan fingerprint density at radius 3 is 2.44 bits per heavy atom. The maximum atomic E-state index is 11.6. The van der Waals surface area contributed by atoms with Gasteiger partial charge in [0.1, 0.15) is 0 Å². The molecule has 0 spiro atoms. The summed E-state index contributed by atoms with van der Waals surface area (Å²) < 4.78 is 0. The normalized spacial score (nSPS) is 16.1. The Balaban J connectivity index is 2.02. The van der Waals surface area contributed by atoms with Gasteiger partial charge in [-0.25, -0.2) is 0 Å². The molecule has 1 rings (SSSR count). The van der Waals surface area contributed by atoms with E-state index in [1.807, 2.05) is 0 Å². The van der Waals surface area contributed by atoms with Gasteiger partial charge < -0.3 is 10.6 Å². The zero-order valence-corrected chi connectivity index (χ0v) is 12.4. The summed E-state index contributed by atoms with van der Waals surface area (Å²) in [5.74, 6) is 0.151. The van der Waals surface area contributed by atoms with Crippen LogP contribution >= 0.6 is 0 Å². The molecular formula is C14H29N3O. The van der Waals surface area contributed by atoms with Crippen LogP contribution in [0, 0.1) is 0 Å². The minimum absolute atomic E-state index is 0.0886. The van der Waals surface area contributed by atoms with Crippen LogP contribution in [0.4, 0.5) is 0 Å². The Morgan fingerprint density at radius 2 is 1.94 bits per heavy atom. The number of nitrogens with one attached hydrogen (secondary N) is 2. The Bertz CT molecular complexity index is 256. The molecule has 0 unspecified atom stereocenters. The predicted molar refractivity (Wildman–Crippen MR) is 75.7 cm³/mol. The van der Waals surface area contributed by atoms with E-state index in [2.05, 4.69) is 43.2 Å². The fourth-order valence-corrected chi connectivity index (χ4v) is 2.02. The monoisotopic (exact) mass is 255 g/mol. The van der Waals surface area contributed by atoms with Crippen molar-refractivity contribution in [3.8, 4) is 0 Å². The van der Waals surface area contributed by atoms with Crippen LogP contribution in [0.5, 0.6) is 0 Å². The van der Waals surface area contributed by atoms with Crippen LogP contribution in [0.2, 0.25) is 0 Å². The van der Waals surface area contributed by atoms with Crippen molar-refractivity contribution in [3.05, 3.63) is 0 Å². The van der Waals surface area contributed by atoms with Crippen molar-refractivity contribution in [3.63, 3.8) is 0 Å². The lowest BCUT2D eigenvalue weighted by Crippen LogP contribution is -2.40. The standard InChI is InChI=1S/C14H29N3O/c1-5-17(12-6-7-12)11-10-15-13(18)8-9-16-14(2,3)4/h12,16H,5-11H2,1-4H3,(H,15,18). The van der Waals surface area contributed by atoms with Gasteiger partial charge in [0.15, 0.2) is 0 Å². The molecule has 1 aliphatic carbocycles. The fraction of sp³-hybridized carbons (Fsp3) is 0.929. The van der Waals surface area contributed by atoms with Crippen molar-refractivity contribution in [2.24, 2.45) is 0 Å². The number of hydrogen-bond acceptors (Lipinski definition) is 3. The third-order valence-corrected chi connectivity index (χ3v) is 3.20. The Hall–Kier alpha value is -0.610. The first-order chi connectivity index (χ1) is 8.42. The summed E-state index contributed by atoms with van der Waals surface area (Å²) in [5, 5.41) is 6.32. The topological polar surface area (TPSA) is 44.4 Å². The molecule has 1 fully saturated rings. The minimum atomic E-state index is 0.0886. The van der Waals surface area contributed by atoms with Gasteiger partial charge in [-0.15, -0.1) is 0 Å². The van der Waals surface area contributed by atoms with E-state index >= 15 is 0 Å². The van der Waals surface area contributed by atoms with E-state index in [0.717, 1.165) is 32.2 Å². The quantitative estimate of drug-likeness (QED) is 0.688. The molecular weight excluding hydrogens is 226 g/mol. The summed E-state index contributed by atoms with van der Waals surface area (Å²) in [6.07, 6.45) is 3.22. The summed E-state index contributed by atoms with van der Waals surface area (Å²) in [6, 6.07) is 0.787. The summed E-state index contributed by atoms with van der Waals surface area (Å²) >= 11 is 0. The van der Waals surface area contributed by atoms with Gasteiger partial charge in [-0.3, -0.25) is 9.69 Å². The highest BCUT2D eigenvalue weighted by Crippen LogP contribution is 2.25. The van der Waals surface area contributed by atoms with Crippen LogP contribution in [0.25, 0.3) is 0 Å². The summed E-state index contributed by atoms with van der Waals surface area (Å²) in [6.45, 7) is 12.1. The molecule has 0 aromatic heterocycles. The molecule has 0 radical (unpaired) electrons. The number of hydrogen-bond donors (Lipinski definition) is 2. The SMILES string of the molecule is CCN(CCNC(=O)CCNC(C)(C)C)C1CC1. The summed E-state index contributed by atoms with van der Waals surface area (Å²) in [7, 11) is 0. The molecule has 4 nitrogen and oxygen atoms in total. The van der Waals surface area contributed by atoms with Crippen LogP contribution < -0.4 is 10.6 Å². The molecule has 0 aliphatic heterocycles. The molecule has 0 heterocycles. The molecule has 18 heavy (non-hydrogen) atoms. The highest BCUT2D eigenvalue weighted by molar-refractivity contribution is 5.76. The first kappa shape index (κ1) is 15.4. The van der Waals surface area contributed by atoms with E-state index in [1.54, 1.807) is 0 Å². The van der Waals surface area contributed by atoms with E-state index in [1.165, 1.54) is 12.8 Å². The maximum Gasteiger partial charge on any atom is 0.221 e. The average molecular weight is 255 g/mol. The highest BCUT2D eigenvalue weighted by atomic mass is 16.1. The van der Waals surface area contributed by atoms with E-state index < -0.39 is 0 Å². The van der Waals surface area contributed by atoms with Crippen LogP contribution in [-0.2, 0) is 4.79 Å².